The number of pyridine rings is 2. The molecule has 0 atom stereocenters. The van der Waals surface area contributed by atoms with E-state index in [-0.39, 0.29) is 5.56 Å². The average molecular weight is 260 g/mol. The molecule has 0 aliphatic rings. The second-order valence-corrected chi connectivity index (χ2v) is 4.11. The van der Waals surface area contributed by atoms with E-state index in [9.17, 15) is 9.18 Å². The second kappa shape index (κ2) is 5.43. The summed E-state index contributed by atoms with van der Waals surface area (Å²) in [5, 5.41) is 2.70. The fourth-order valence-corrected chi connectivity index (χ4v) is 1.61. The smallest absolute Gasteiger partial charge is 0.255 e. The molecular weight excluding hydrogens is 247 g/mol. The van der Waals surface area contributed by atoms with Gasteiger partial charge < -0.3 is 10.2 Å². The van der Waals surface area contributed by atoms with Gasteiger partial charge in [0.15, 0.2) is 0 Å². The fraction of sp³-hybridized carbons (Fsp3) is 0.154. The van der Waals surface area contributed by atoms with Crippen molar-refractivity contribution in [3.8, 4) is 0 Å². The maximum atomic E-state index is 13.0. The number of carbonyl (C=O) groups excluding carboxylic acids is 1. The van der Waals surface area contributed by atoms with E-state index in [2.05, 4.69) is 15.3 Å². The van der Waals surface area contributed by atoms with Gasteiger partial charge in [0.05, 0.1) is 17.6 Å². The Morgan fingerprint density at radius 1 is 1.32 bits per heavy atom. The van der Waals surface area contributed by atoms with Crippen LogP contribution in [0.2, 0.25) is 0 Å². The number of carbonyl (C=O) groups is 1. The van der Waals surface area contributed by atoms with E-state index in [1.807, 2.05) is 19.0 Å². The molecule has 1 amide bonds. The minimum Gasteiger partial charge on any atom is -0.376 e. The van der Waals surface area contributed by atoms with Gasteiger partial charge in [0.1, 0.15) is 0 Å². The monoisotopic (exact) mass is 260 g/mol. The third-order valence-corrected chi connectivity index (χ3v) is 2.52. The number of nitrogens with zero attached hydrogens (tertiary/aromatic N) is 3. The summed E-state index contributed by atoms with van der Waals surface area (Å²) in [4.78, 5) is 21.2. The third kappa shape index (κ3) is 3.04. The number of anilines is 2. The van der Waals surface area contributed by atoms with Crippen LogP contribution < -0.4 is 10.2 Å². The molecule has 0 aliphatic heterocycles. The summed E-state index contributed by atoms with van der Waals surface area (Å²) in [6, 6.07) is 4.31. The molecular formula is C13H13FN4O. The van der Waals surface area contributed by atoms with Crippen LogP contribution >= 0.6 is 0 Å². The summed E-state index contributed by atoms with van der Waals surface area (Å²) >= 11 is 0. The standard InChI is InChI=1S/C13H13FN4O/c1-18(2)11-4-5-15-8-10(11)17-13(19)9-3-6-16-12(14)7-9/h3-8H,1-2H3,(H,17,19). The maximum absolute atomic E-state index is 13.0. The predicted molar refractivity (Wildman–Crippen MR) is 70.7 cm³/mol. The average Bonchev–Trinajstić information content (AvgIpc) is 2.39. The van der Waals surface area contributed by atoms with Crippen LogP contribution in [0.15, 0.2) is 36.8 Å². The van der Waals surface area contributed by atoms with Crippen LogP contribution in [-0.4, -0.2) is 30.0 Å². The van der Waals surface area contributed by atoms with Crippen molar-refractivity contribution in [2.45, 2.75) is 0 Å². The van der Waals surface area contributed by atoms with Gasteiger partial charge in [-0.2, -0.15) is 4.39 Å². The number of amides is 1. The highest BCUT2D eigenvalue weighted by Gasteiger charge is 2.11. The van der Waals surface area contributed by atoms with Crippen molar-refractivity contribution < 1.29 is 9.18 Å². The van der Waals surface area contributed by atoms with Gasteiger partial charge in [0.25, 0.3) is 5.91 Å². The van der Waals surface area contributed by atoms with E-state index in [0.717, 1.165) is 11.8 Å². The molecule has 0 spiro atoms. The molecule has 0 saturated heterocycles. The molecule has 0 aliphatic carbocycles. The quantitative estimate of drug-likeness (QED) is 0.857. The molecule has 0 fully saturated rings. The Kier molecular flexibility index (Phi) is 3.70. The van der Waals surface area contributed by atoms with Gasteiger partial charge in [-0.1, -0.05) is 0 Å². The predicted octanol–water partition coefficient (Wildman–Crippen LogP) is 1.93. The van der Waals surface area contributed by atoms with E-state index < -0.39 is 11.9 Å². The van der Waals surface area contributed by atoms with Gasteiger partial charge in [-0.05, 0) is 12.1 Å². The first kappa shape index (κ1) is 12.9. The Morgan fingerprint density at radius 3 is 2.79 bits per heavy atom. The van der Waals surface area contributed by atoms with Crippen molar-refractivity contribution >= 4 is 17.3 Å². The van der Waals surface area contributed by atoms with Crippen molar-refractivity contribution in [3.63, 3.8) is 0 Å². The molecule has 1 N–H and O–H groups in total. The topological polar surface area (TPSA) is 58.1 Å². The molecule has 2 rings (SSSR count). The Morgan fingerprint density at radius 2 is 2.11 bits per heavy atom. The van der Waals surface area contributed by atoms with Crippen molar-refractivity contribution in [3.05, 3.63) is 48.3 Å². The molecule has 2 aromatic heterocycles. The first-order chi connectivity index (χ1) is 9.08. The van der Waals surface area contributed by atoms with Crippen LogP contribution in [0, 0.1) is 5.95 Å². The number of hydrogen-bond acceptors (Lipinski definition) is 4. The zero-order valence-corrected chi connectivity index (χ0v) is 10.6. The lowest BCUT2D eigenvalue weighted by Crippen LogP contribution is -2.17. The van der Waals surface area contributed by atoms with Crippen molar-refractivity contribution in [1.29, 1.82) is 0 Å². The minimum atomic E-state index is -0.688. The summed E-state index contributed by atoms with van der Waals surface area (Å²) < 4.78 is 13.0. The van der Waals surface area contributed by atoms with E-state index in [1.165, 1.54) is 12.3 Å². The summed E-state index contributed by atoms with van der Waals surface area (Å²) in [5.74, 6) is -1.09. The number of hydrogen-bond donors (Lipinski definition) is 1. The molecule has 0 saturated carbocycles. The molecule has 0 aromatic carbocycles. The normalized spacial score (nSPS) is 10.1. The molecule has 98 valence electrons. The zero-order valence-electron chi connectivity index (χ0n) is 10.6. The molecule has 5 nitrogen and oxygen atoms in total. The van der Waals surface area contributed by atoms with Gasteiger partial charge >= 0.3 is 0 Å². The van der Waals surface area contributed by atoms with E-state index in [4.69, 9.17) is 0 Å². The van der Waals surface area contributed by atoms with Crippen molar-refractivity contribution in [1.82, 2.24) is 9.97 Å². The highest BCUT2D eigenvalue weighted by molar-refractivity contribution is 6.05. The molecule has 0 unspecified atom stereocenters. The number of rotatable bonds is 3. The summed E-state index contributed by atoms with van der Waals surface area (Å²) in [5.41, 5.74) is 1.59. The van der Waals surface area contributed by atoms with Crippen molar-refractivity contribution in [2.75, 3.05) is 24.3 Å². The van der Waals surface area contributed by atoms with Gasteiger partial charge in [-0.15, -0.1) is 0 Å². The number of aromatic nitrogens is 2. The lowest BCUT2D eigenvalue weighted by molar-refractivity contribution is 0.102. The van der Waals surface area contributed by atoms with Gasteiger partial charge in [-0.3, -0.25) is 9.78 Å². The molecule has 2 aromatic rings. The van der Waals surface area contributed by atoms with Crippen LogP contribution in [0.3, 0.4) is 0 Å². The lowest BCUT2D eigenvalue weighted by atomic mass is 10.2. The number of halogens is 1. The van der Waals surface area contributed by atoms with Crippen LogP contribution in [-0.2, 0) is 0 Å². The molecule has 2 heterocycles. The van der Waals surface area contributed by atoms with E-state index in [0.29, 0.717) is 5.69 Å². The SMILES string of the molecule is CN(C)c1ccncc1NC(=O)c1ccnc(F)c1. The second-order valence-electron chi connectivity index (χ2n) is 4.11. The third-order valence-electron chi connectivity index (χ3n) is 2.52. The van der Waals surface area contributed by atoms with Crippen LogP contribution in [0.25, 0.3) is 0 Å². The molecule has 0 bridgehead atoms. The summed E-state index contributed by atoms with van der Waals surface area (Å²) in [7, 11) is 3.72. The first-order valence-corrected chi connectivity index (χ1v) is 5.62. The van der Waals surface area contributed by atoms with Gasteiger partial charge in [0.2, 0.25) is 5.95 Å². The maximum Gasteiger partial charge on any atom is 0.255 e. The van der Waals surface area contributed by atoms with Crippen LogP contribution in [0.5, 0.6) is 0 Å². The summed E-state index contributed by atoms with van der Waals surface area (Å²) in [6.45, 7) is 0. The van der Waals surface area contributed by atoms with E-state index in [1.54, 1.807) is 18.5 Å². The number of nitrogens with one attached hydrogen (secondary N) is 1. The van der Waals surface area contributed by atoms with Gasteiger partial charge in [0, 0.05) is 38.1 Å². The summed E-state index contributed by atoms with van der Waals surface area (Å²) in [6.07, 6.45) is 4.43. The van der Waals surface area contributed by atoms with Crippen LogP contribution in [0.1, 0.15) is 10.4 Å². The zero-order chi connectivity index (χ0) is 13.8. The Bertz CT molecular complexity index is 601. The highest BCUT2D eigenvalue weighted by atomic mass is 19.1. The molecule has 19 heavy (non-hydrogen) atoms. The molecule has 0 radical (unpaired) electrons. The Balaban J connectivity index is 2.24. The Labute approximate surface area is 110 Å². The first-order valence-electron chi connectivity index (χ1n) is 5.62. The minimum absolute atomic E-state index is 0.209. The Hall–Kier alpha value is -2.50. The fourth-order valence-electron chi connectivity index (χ4n) is 1.61. The lowest BCUT2D eigenvalue weighted by Gasteiger charge is -2.17. The largest absolute Gasteiger partial charge is 0.376 e. The van der Waals surface area contributed by atoms with Crippen LogP contribution in [0.4, 0.5) is 15.8 Å². The van der Waals surface area contributed by atoms with Gasteiger partial charge in [-0.25, -0.2) is 4.98 Å². The van der Waals surface area contributed by atoms with Crippen molar-refractivity contribution in [2.24, 2.45) is 0 Å². The van der Waals surface area contributed by atoms with E-state index >= 15 is 0 Å². The molecule has 6 heteroatoms. The highest BCUT2D eigenvalue weighted by Crippen LogP contribution is 2.22.